The highest BCUT2D eigenvalue weighted by atomic mass is 19.1. The lowest BCUT2D eigenvalue weighted by Gasteiger charge is -2.09. The maximum atomic E-state index is 13.6. The van der Waals surface area contributed by atoms with E-state index in [9.17, 15) is 18.4 Å². The van der Waals surface area contributed by atoms with Gasteiger partial charge in [0.05, 0.1) is 11.1 Å². The van der Waals surface area contributed by atoms with Crippen molar-refractivity contribution in [3.63, 3.8) is 0 Å². The molecular formula is C15H10F2O3. The van der Waals surface area contributed by atoms with Crippen molar-refractivity contribution in [3.8, 4) is 5.75 Å². The van der Waals surface area contributed by atoms with E-state index in [0.717, 1.165) is 12.1 Å². The molecule has 0 aliphatic carbocycles. The van der Waals surface area contributed by atoms with Crippen molar-refractivity contribution in [2.24, 2.45) is 0 Å². The van der Waals surface area contributed by atoms with E-state index in [4.69, 9.17) is 4.74 Å². The Morgan fingerprint density at radius 3 is 2.15 bits per heavy atom. The lowest BCUT2D eigenvalue weighted by molar-refractivity contribution is -0.131. The van der Waals surface area contributed by atoms with Crippen LogP contribution in [0.4, 0.5) is 8.78 Å². The Hall–Kier alpha value is -2.56. The first-order valence-corrected chi connectivity index (χ1v) is 5.77. The Morgan fingerprint density at radius 1 is 0.950 bits per heavy atom. The maximum absolute atomic E-state index is 13.6. The van der Waals surface area contributed by atoms with Gasteiger partial charge in [-0.05, 0) is 24.3 Å². The zero-order valence-corrected chi connectivity index (χ0v) is 10.5. The van der Waals surface area contributed by atoms with E-state index >= 15 is 0 Å². The molecular weight excluding hydrogens is 266 g/mol. The smallest absolute Gasteiger partial charge is 0.308 e. The summed E-state index contributed by atoms with van der Waals surface area (Å²) in [4.78, 5) is 23.2. The molecule has 0 aliphatic heterocycles. The molecule has 0 saturated heterocycles. The molecule has 0 atom stereocenters. The number of carbonyl (C=O) groups excluding carboxylic acids is 2. The fourth-order valence-electron chi connectivity index (χ4n) is 1.75. The summed E-state index contributed by atoms with van der Waals surface area (Å²) in [5, 5.41) is 0. The summed E-state index contributed by atoms with van der Waals surface area (Å²) in [6.45, 7) is 1.17. The lowest BCUT2D eigenvalue weighted by atomic mass is 10.0. The highest BCUT2D eigenvalue weighted by Crippen LogP contribution is 2.24. The molecule has 102 valence electrons. The number of para-hydroxylation sites is 1. The number of halogens is 2. The lowest BCUT2D eigenvalue weighted by Crippen LogP contribution is -2.11. The topological polar surface area (TPSA) is 43.4 Å². The first kappa shape index (κ1) is 13.9. The first-order valence-electron chi connectivity index (χ1n) is 5.77. The van der Waals surface area contributed by atoms with E-state index in [2.05, 4.69) is 0 Å². The summed E-state index contributed by atoms with van der Waals surface area (Å²) in [6.07, 6.45) is 0. The van der Waals surface area contributed by atoms with Gasteiger partial charge in [-0.2, -0.15) is 0 Å². The minimum absolute atomic E-state index is 0.0346. The molecule has 0 aliphatic rings. The monoisotopic (exact) mass is 276 g/mol. The molecule has 0 aromatic heterocycles. The predicted octanol–water partition coefficient (Wildman–Crippen LogP) is 3.12. The molecule has 0 unspecified atom stereocenters. The molecule has 0 spiro atoms. The van der Waals surface area contributed by atoms with E-state index in [1.807, 2.05) is 0 Å². The zero-order valence-electron chi connectivity index (χ0n) is 10.5. The number of ether oxygens (including phenoxy) is 1. The van der Waals surface area contributed by atoms with Gasteiger partial charge < -0.3 is 4.74 Å². The average molecular weight is 276 g/mol. The standard InChI is InChI=1S/C15H10F2O3/c1-9(18)20-13-8-3-2-5-10(13)15(19)14-11(16)6-4-7-12(14)17/h2-8H,1H3. The molecule has 0 fully saturated rings. The van der Waals surface area contributed by atoms with Crippen LogP contribution in [0.1, 0.15) is 22.8 Å². The van der Waals surface area contributed by atoms with Gasteiger partial charge in [-0.3, -0.25) is 9.59 Å². The second-order valence-corrected chi connectivity index (χ2v) is 4.02. The van der Waals surface area contributed by atoms with Crippen molar-refractivity contribution in [1.29, 1.82) is 0 Å². The molecule has 0 saturated carbocycles. The van der Waals surface area contributed by atoms with Gasteiger partial charge in [0.2, 0.25) is 5.78 Å². The zero-order chi connectivity index (χ0) is 14.7. The van der Waals surface area contributed by atoms with Crippen LogP contribution in [-0.2, 0) is 4.79 Å². The van der Waals surface area contributed by atoms with Gasteiger partial charge >= 0.3 is 5.97 Å². The fourth-order valence-corrected chi connectivity index (χ4v) is 1.75. The summed E-state index contributed by atoms with van der Waals surface area (Å²) in [6, 6.07) is 8.93. The Morgan fingerprint density at radius 2 is 1.55 bits per heavy atom. The van der Waals surface area contributed by atoms with Crippen LogP contribution in [0.25, 0.3) is 0 Å². The van der Waals surface area contributed by atoms with Crippen LogP contribution in [0, 0.1) is 11.6 Å². The van der Waals surface area contributed by atoms with Gasteiger partial charge in [-0.1, -0.05) is 18.2 Å². The van der Waals surface area contributed by atoms with Crippen molar-refractivity contribution in [2.75, 3.05) is 0 Å². The van der Waals surface area contributed by atoms with Crippen LogP contribution in [0.5, 0.6) is 5.75 Å². The van der Waals surface area contributed by atoms with Crippen molar-refractivity contribution < 1.29 is 23.1 Å². The van der Waals surface area contributed by atoms with Gasteiger partial charge in [0.1, 0.15) is 17.4 Å². The molecule has 2 aromatic carbocycles. The van der Waals surface area contributed by atoms with Crippen LogP contribution in [-0.4, -0.2) is 11.8 Å². The van der Waals surface area contributed by atoms with E-state index in [1.165, 1.54) is 31.2 Å². The van der Waals surface area contributed by atoms with Crippen molar-refractivity contribution in [2.45, 2.75) is 6.92 Å². The second-order valence-electron chi connectivity index (χ2n) is 4.02. The molecule has 0 heterocycles. The molecule has 2 rings (SSSR count). The number of hydrogen-bond acceptors (Lipinski definition) is 3. The largest absolute Gasteiger partial charge is 0.426 e. The Balaban J connectivity index is 2.51. The Kier molecular flexibility index (Phi) is 3.89. The third-order valence-corrected chi connectivity index (χ3v) is 2.58. The number of esters is 1. The Labute approximate surface area is 113 Å². The van der Waals surface area contributed by atoms with Crippen molar-refractivity contribution in [3.05, 3.63) is 65.2 Å². The minimum Gasteiger partial charge on any atom is -0.426 e. The molecule has 0 amide bonds. The SMILES string of the molecule is CC(=O)Oc1ccccc1C(=O)c1c(F)cccc1F. The molecule has 0 N–H and O–H groups in total. The number of hydrogen-bond donors (Lipinski definition) is 0. The van der Waals surface area contributed by atoms with Crippen LogP contribution in [0.3, 0.4) is 0 Å². The van der Waals surface area contributed by atoms with Crippen LogP contribution >= 0.6 is 0 Å². The predicted molar refractivity (Wildman–Crippen MR) is 67.5 cm³/mol. The summed E-state index contributed by atoms with van der Waals surface area (Å²) in [5.74, 6) is -3.47. The summed E-state index contributed by atoms with van der Waals surface area (Å²) < 4.78 is 32.1. The summed E-state index contributed by atoms with van der Waals surface area (Å²) in [7, 11) is 0. The van der Waals surface area contributed by atoms with Crippen LogP contribution in [0.15, 0.2) is 42.5 Å². The molecule has 0 radical (unpaired) electrons. The highest BCUT2D eigenvalue weighted by Gasteiger charge is 2.22. The molecule has 0 bridgehead atoms. The molecule has 2 aromatic rings. The molecule has 5 heteroatoms. The van der Waals surface area contributed by atoms with E-state index in [0.29, 0.717) is 0 Å². The van der Waals surface area contributed by atoms with Crippen LogP contribution in [0.2, 0.25) is 0 Å². The number of carbonyl (C=O) groups is 2. The molecule has 20 heavy (non-hydrogen) atoms. The molecule has 3 nitrogen and oxygen atoms in total. The number of rotatable bonds is 3. The third kappa shape index (κ3) is 2.71. The Bertz CT molecular complexity index is 660. The van der Waals surface area contributed by atoms with Gasteiger partial charge in [0, 0.05) is 6.92 Å². The van der Waals surface area contributed by atoms with Gasteiger partial charge in [0.25, 0.3) is 0 Å². The summed E-state index contributed by atoms with van der Waals surface area (Å²) >= 11 is 0. The van der Waals surface area contributed by atoms with Crippen molar-refractivity contribution >= 4 is 11.8 Å². The van der Waals surface area contributed by atoms with E-state index < -0.39 is 29.0 Å². The van der Waals surface area contributed by atoms with Gasteiger partial charge in [-0.15, -0.1) is 0 Å². The van der Waals surface area contributed by atoms with E-state index in [1.54, 1.807) is 6.07 Å². The number of ketones is 1. The van der Waals surface area contributed by atoms with E-state index in [-0.39, 0.29) is 11.3 Å². The minimum atomic E-state index is -0.965. The normalized spacial score (nSPS) is 10.2. The quantitative estimate of drug-likeness (QED) is 0.491. The van der Waals surface area contributed by atoms with Gasteiger partial charge in [0.15, 0.2) is 0 Å². The number of benzene rings is 2. The maximum Gasteiger partial charge on any atom is 0.308 e. The third-order valence-electron chi connectivity index (χ3n) is 2.58. The summed E-state index contributed by atoms with van der Waals surface area (Å²) in [5.41, 5.74) is -0.751. The highest BCUT2D eigenvalue weighted by molar-refractivity contribution is 6.11. The van der Waals surface area contributed by atoms with Gasteiger partial charge in [-0.25, -0.2) is 8.78 Å². The van der Waals surface area contributed by atoms with Crippen molar-refractivity contribution in [1.82, 2.24) is 0 Å². The fraction of sp³-hybridized carbons (Fsp3) is 0.0667. The average Bonchev–Trinajstić information content (AvgIpc) is 2.38. The van der Waals surface area contributed by atoms with Crippen LogP contribution < -0.4 is 4.74 Å². The second kappa shape index (κ2) is 5.61. The first-order chi connectivity index (χ1) is 9.50.